The largest absolute Gasteiger partial charge is 0.442 e. The normalized spacial score (nSPS) is 22.4. The molecule has 4 aromatic carbocycles. The molecule has 2 aliphatic heterocycles. The van der Waals surface area contributed by atoms with E-state index in [0.29, 0.717) is 18.5 Å². The van der Waals surface area contributed by atoms with Gasteiger partial charge in [-0.3, -0.25) is 4.90 Å². The molecule has 0 saturated carbocycles. The predicted octanol–water partition coefficient (Wildman–Crippen LogP) is 6.30. The molecular weight excluding hydrogens is 506 g/mol. The fourth-order valence-corrected chi connectivity index (χ4v) is 6.98. The molecular formula is C34H30F2N2O2. The Kier molecular flexibility index (Phi) is 6.35. The van der Waals surface area contributed by atoms with Gasteiger partial charge in [-0.1, -0.05) is 72.8 Å². The van der Waals surface area contributed by atoms with Gasteiger partial charge in [-0.25, -0.2) is 13.6 Å². The van der Waals surface area contributed by atoms with Crippen LogP contribution in [0.1, 0.15) is 45.0 Å². The van der Waals surface area contributed by atoms with Crippen molar-refractivity contribution in [1.29, 1.82) is 0 Å². The number of aryl methyl sites for hydroxylation is 2. The maximum absolute atomic E-state index is 14.1. The highest BCUT2D eigenvalue weighted by atomic mass is 19.1. The van der Waals surface area contributed by atoms with Crippen molar-refractivity contribution in [3.05, 3.63) is 142 Å². The van der Waals surface area contributed by atoms with Crippen LogP contribution in [-0.4, -0.2) is 29.2 Å². The third-order valence-electron chi connectivity index (χ3n) is 8.72. The number of rotatable bonds is 4. The van der Waals surface area contributed by atoms with Crippen molar-refractivity contribution in [3.63, 3.8) is 0 Å². The number of amides is 1. The minimum atomic E-state index is -0.628. The monoisotopic (exact) mass is 536 g/mol. The molecule has 1 amide bonds. The average Bonchev–Trinajstić information content (AvgIpc) is 3.22. The summed E-state index contributed by atoms with van der Waals surface area (Å²) in [6.45, 7) is 0.698. The van der Waals surface area contributed by atoms with Gasteiger partial charge in [0.15, 0.2) is 0 Å². The summed E-state index contributed by atoms with van der Waals surface area (Å²) in [6, 6.07) is 28.7. The van der Waals surface area contributed by atoms with Crippen molar-refractivity contribution >= 4 is 6.09 Å². The van der Waals surface area contributed by atoms with Crippen LogP contribution < -0.4 is 5.32 Å². The lowest BCUT2D eigenvalue weighted by atomic mass is 9.83. The highest BCUT2D eigenvalue weighted by molar-refractivity contribution is 5.70. The predicted molar refractivity (Wildman–Crippen MR) is 149 cm³/mol. The van der Waals surface area contributed by atoms with Crippen molar-refractivity contribution in [2.45, 2.75) is 56.5 Å². The molecule has 1 fully saturated rings. The Hall–Kier alpha value is -4.03. The molecule has 6 heteroatoms. The molecule has 3 atom stereocenters. The SMILES string of the molecule is O=C1N[C@@H](Cc2cc(F)cc(F)c2)[C@H]([C@@H]2Cc3ccccc3CN2C2c3ccccc3CCc3ccccc32)O1. The van der Waals surface area contributed by atoms with E-state index in [1.165, 1.54) is 45.5 Å². The third kappa shape index (κ3) is 4.56. The summed E-state index contributed by atoms with van der Waals surface area (Å²) in [5.41, 5.74) is 8.20. The van der Waals surface area contributed by atoms with E-state index < -0.39 is 29.9 Å². The molecule has 1 saturated heterocycles. The molecule has 4 nitrogen and oxygen atoms in total. The first-order valence-corrected chi connectivity index (χ1v) is 13.9. The van der Waals surface area contributed by atoms with Gasteiger partial charge in [0, 0.05) is 12.6 Å². The lowest BCUT2D eigenvalue weighted by Gasteiger charge is -2.45. The zero-order chi connectivity index (χ0) is 27.2. The average molecular weight is 537 g/mol. The van der Waals surface area contributed by atoms with E-state index in [0.717, 1.165) is 18.9 Å². The first-order valence-electron chi connectivity index (χ1n) is 13.9. The molecule has 3 aliphatic rings. The number of hydrogen-bond acceptors (Lipinski definition) is 3. The Labute approximate surface area is 232 Å². The number of nitrogens with one attached hydrogen (secondary N) is 1. The van der Waals surface area contributed by atoms with Gasteiger partial charge >= 0.3 is 6.09 Å². The van der Waals surface area contributed by atoms with Crippen LogP contribution in [-0.2, 0) is 37.0 Å². The smallest absolute Gasteiger partial charge is 0.407 e. The van der Waals surface area contributed by atoms with Gasteiger partial charge in [-0.05, 0) is 76.8 Å². The third-order valence-corrected chi connectivity index (χ3v) is 8.72. The second kappa shape index (κ2) is 10.2. The molecule has 0 aromatic heterocycles. The number of alkyl carbamates (subject to hydrolysis) is 1. The first kappa shape index (κ1) is 25.0. The molecule has 1 aliphatic carbocycles. The van der Waals surface area contributed by atoms with Gasteiger partial charge in [0.25, 0.3) is 0 Å². The topological polar surface area (TPSA) is 41.6 Å². The molecule has 40 heavy (non-hydrogen) atoms. The molecule has 7 rings (SSSR count). The Balaban J connectivity index is 1.34. The van der Waals surface area contributed by atoms with Gasteiger partial charge in [-0.15, -0.1) is 0 Å². The first-order chi connectivity index (χ1) is 19.5. The van der Waals surface area contributed by atoms with Crippen LogP contribution in [0.5, 0.6) is 0 Å². The van der Waals surface area contributed by atoms with Gasteiger partial charge in [0.05, 0.1) is 18.1 Å². The van der Waals surface area contributed by atoms with E-state index in [2.05, 4.69) is 76.9 Å². The Morgan fingerprint density at radius 2 is 1.35 bits per heavy atom. The fourth-order valence-electron chi connectivity index (χ4n) is 6.98. The minimum Gasteiger partial charge on any atom is -0.442 e. The molecule has 0 bridgehead atoms. The minimum absolute atomic E-state index is 0.0279. The van der Waals surface area contributed by atoms with Crippen LogP contribution in [0.3, 0.4) is 0 Å². The maximum Gasteiger partial charge on any atom is 0.407 e. The lowest BCUT2D eigenvalue weighted by Crippen LogP contribution is -2.54. The number of ether oxygens (including phenoxy) is 1. The van der Waals surface area contributed by atoms with Crippen molar-refractivity contribution < 1.29 is 18.3 Å². The quantitative estimate of drug-likeness (QED) is 0.333. The summed E-state index contributed by atoms with van der Waals surface area (Å²) in [6.07, 6.45) is 1.90. The number of carbonyl (C=O) groups is 1. The van der Waals surface area contributed by atoms with Gasteiger partial charge < -0.3 is 10.1 Å². The van der Waals surface area contributed by atoms with Crippen LogP contribution in [0.2, 0.25) is 0 Å². The van der Waals surface area contributed by atoms with Crippen LogP contribution in [0.25, 0.3) is 0 Å². The highest BCUT2D eigenvalue weighted by Gasteiger charge is 2.46. The van der Waals surface area contributed by atoms with Crippen LogP contribution in [0.4, 0.5) is 13.6 Å². The van der Waals surface area contributed by atoms with Gasteiger partial charge in [-0.2, -0.15) is 0 Å². The number of benzene rings is 4. The summed E-state index contributed by atoms with van der Waals surface area (Å²) in [7, 11) is 0. The van der Waals surface area contributed by atoms with E-state index in [-0.39, 0.29) is 18.5 Å². The van der Waals surface area contributed by atoms with E-state index >= 15 is 0 Å². The number of nitrogens with zero attached hydrogens (tertiary/aromatic N) is 1. The number of hydrogen-bond donors (Lipinski definition) is 1. The Morgan fingerprint density at radius 1 is 0.775 bits per heavy atom. The summed E-state index contributed by atoms with van der Waals surface area (Å²) < 4.78 is 34.1. The second-order valence-corrected chi connectivity index (χ2v) is 11.1. The van der Waals surface area contributed by atoms with Crippen molar-refractivity contribution in [2.24, 2.45) is 0 Å². The van der Waals surface area contributed by atoms with Gasteiger partial charge in [0.2, 0.25) is 0 Å². The van der Waals surface area contributed by atoms with E-state index in [9.17, 15) is 13.6 Å². The molecule has 1 N–H and O–H groups in total. The second-order valence-electron chi connectivity index (χ2n) is 11.1. The van der Waals surface area contributed by atoms with Crippen LogP contribution >= 0.6 is 0 Å². The van der Waals surface area contributed by atoms with E-state index in [1.807, 2.05) is 6.07 Å². The molecule has 202 valence electrons. The highest BCUT2D eigenvalue weighted by Crippen LogP contribution is 2.42. The van der Waals surface area contributed by atoms with E-state index in [4.69, 9.17) is 4.74 Å². The zero-order valence-electron chi connectivity index (χ0n) is 22.0. The van der Waals surface area contributed by atoms with Crippen LogP contribution in [0, 0.1) is 11.6 Å². The molecule has 0 radical (unpaired) electrons. The number of cyclic esters (lactones) is 1. The zero-order valence-corrected chi connectivity index (χ0v) is 22.0. The standard InChI is InChI=1S/C34H30F2N2O2/c35-26-15-21(16-27(36)19-26)17-30-33(40-34(39)37-30)31-18-24-9-1-2-10-25(24)20-38(31)32-28-11-5-3-7-22(28)13-14-23-8-4-6-12-29(23)32/h1-12,15-16,19,30-33H,13-14,17-18,20H2,(H,37,39)/t30-,31-,33+/m0/s1. The van der Waals surface area contributed by atoms with Crippen molar-refractivity contribution in [1.82, 2.24) is 10.2 Å². The molecule has 4 aromatic rings. The Morgan fingerprint density at radius 3 is 2.00 bits per heavy atom. The van der Waals surface area contributed by atoms with E-state index in [1.54, 1.807) is 0 Å². The molecule has 0 spiro atoms. The molecule has 2 heterocycles. The number of carbonyl (C=O) groups excluding carboxylic acids is 1. The summed E-state index contributed by atoms with van der Waals surface area (Å²) >= 11 is 0. The van der Waals surface area contributed by atoms with Crippen molar-refractivity contribution in [3.8, 4) is 0 Å². The van der Waals surface area contributed by atoms with Crippen molar-refractivity contribution in [2.75, 3.05) is 0 Å². The molecule has 0 unspecified atom stereocenters. The van der Waals surface area contributed by atoms with Crippen LogP contribution in [0.15, 0.2) is 91.0 Å². The lowest BCUT2D eigenvalue weighted by molar-refractivity contribution is 0.0187. The summed E-state index contributed by atoms with van der Waals surface area (Å²) in [4.78, 5) is 15.2. The summed E-state index contributed by atoms with van der Waals surface area (Å²) in [5.74, 6) is -1.26. The number of fused-ring (bicyclic) bond motifs is 3. The van der Waals surface area contributed by atoms with Gasteiger partial charge in [0.1, 0.15) is 17.7 Å². The Bertz CT molecular complexity index is 1520. The fraction of sp³-hybridized carbons (Fsp3) is 0.265. The maximum atomic E-state index is 14.1. The number of halogens is 2. The summed E-state index contributed by atoms with van der Waals surface area (Å²) in [5, 5.41) is 2.95.